The van der Waals surface area contributed by atoms with Crippen LogP contribution in [0.25, 0.3) is 0 Å². The van der Waals surface area contributed by atoms with Gasteiger partial charge in [-0.1, -0.05) is 36.4 Å². The highest BCUT2D eigenvalue weighted by Gasteiger charge is 2.14. The van der Waals surface area contributed by atoms with E-state index in [1.54, 1.807) is 38.4 Å². The summed E-state index contributed by atoms with van der Waals surface area (Å²) in [4.78, 5) is 28.0. The first-order valence-electron chi connectivity index (χ1n) is 9.58. The van der Waals surface area contributed by atoms with Gasteiger partial charge in [-0.25, -0.2) is 0 Å². The molecule has 3 rings (SSSR count). The van der Waals surface area contributed by atoms with Gasteiger partial charge in [0.2, 0.25) is 5.91 Å². The molecule has 0 aliphatic heterocycles. The minimum atomic E-state index is -0.193. The number of hydrogen-bond acceptors (Lipinski definition) is 4. The molecular formula is C24H25N3O3. The predicted molar refractivity (Wildman–Crippen MR) is 119 cm³/mol. The summed E-state index contributed by atoms with van der Waals surface area (Å²) in [5.41, 5.74) is 1.90. The Balaban J connectivity index is 1.68. The first kappa shape index (κ1) is 20.9. The number of rotatable bonds is 7. The third kappa shape index (κ3) is 5.38. The zero-order valence-corrected chi connectivity index (χ0v) is 17.3. The Morgan fingerprint density at radius 1 is 0.867 bits per heavy atom. The fourth-order valence-corrected chi connectivity index (χ4v) is 2.96. The van der Waals surface area contributed by atoms with Crippen LogP contribution in [-0.2, 0) is 4.79 Å². The van der Waals surface area contributed by atoms with Crippen LogP contribution < -0.4 is 15.0 Å². The second-order valence-electron chi connectivity index (χ2n) is 7.07. The Morgan fingerprint density at radius 2 is 1.57 bits per heavy atom. The summed E-state index contributed by atoms with van der Waals surface area (Å²) >= 11 is 0. The molecule has 154 valence electrons. The molecule has 3 aromatic rings. The Hall–Kier alpha value is -3.80. The minimum Gasteiger partial charge on any atom is -0.455 e. The fourth-order valence-electron chi connectivity index (χ4n) is 2.96. The number of likely N-dealkylation sites (N-methyl/N-ethyl adjacent to an activating group) is 1. The van der Waals surface area contributed by atoms with Crippen molar-refractivity contribution >= 4 is 23.2 Å². The number of para-hydroxylation sites is 3. The zero-order valence-electron chi connectivity index (χ0n) is 17.3. The van der Waals surface area contributed by atoms with Crippen LogP contribution >= 0.6 is 0 Å². The highest BCUT2D eigenvalue weighted by molar-refractivity contribution is 5.98. The van der Waals surface area contributed by atoms with Crippen molar-refractivity contribution in [3.05, 3.63) is 84.4 Å². The molecule has 0 aliphatic carbocycles. The number of ether oxygens (including phenoxy) is 1. The number of benzene rings is 3. The summed E-state index contributed by atoms with van der Waals surface area (Å²) in [6.45, 7) is 0.126. The lowest BCUT2D eigenvalue weighted by molar-refractivity contribution is -0.114. The van der Waals surface area contributed by atoms with Crippen LogP contribution in [-0.4, -0.2) is 44.4 Å². The lowest BCUT2D eigenvalue weighted by atomic mass is 10.2. The van der Waals surface area contributed by atoms with Crippen molar-refractivity contribution in [1.29, 1.82) is 0 Å². The number of amides is 2. The molecule has 0 spiro atoms. The number of carbonyl (C=O) groups is 2. The van der Waals surface area contributed by atoms with Gasteiger partial charge >= 0.3 is 0 Å². The van der Waals surface area contributed by atoms with Crippen LogP contribution in [0.1, 0.15) is 10.4 Å². The van der Waals surface area contributed by atoms with Crippen LogP contribution in [0.4, 0.5) is 11.4 Å². The normalized spacial score (nSPS) is 10.2. The van der Waals surface area contributed by atoms with Crippen LogP contribution in [0.15, 0.2) is 78.9 Å². The average Bonchev–Trinajstić information content (AvgIpc) is 2.74. The van der Waals surface area contributed by atoms with E-state index in [-0.39, 0.29) is 18.4 Å². The van der Waals surface area contributed by atoms with Crippen LogP contribution in [0, 0.1) is 0 Å². The van der Waals surface area contributed by atoms with E-state index in [4.69, 9.17) is 4.74 Å². The summed E-state index contributed by atoms with van der Waals surface area (Å²) in [6, 6.07) is 24.0. The topological polar surface area (TPSA) is 61.9 Å². The van der Waals surface area contributed by atoms with Gasteiger partial charge in [-0.05, 0) is 42.5 Å². The summed E-state index contributed by atoms with van der Waals surface area (Å²) in [5, 5.41) is 2.85. The maximum Gasteiger partial charge on any atom is 0.253 e. The monoisotopic (exact) mass is 403 g/mol. The molecule has 0 aliphatic rings. The molecule has 0 saturated heterocycles. The Kier molecular flexibility index (Phi) is 6.70. The van der Waals surface area contributed by atoms with Gasteiger partial charge in [0.25, 0.3) is 5.91 Å². The summed E-state index contributed by atoms with van der Waals surface area (Å²) in [5.74, 6) is 1.08. The van der Waals surface area contributed by atoms with Crippen molar-refractivity contribution in [3.8, 4) is 11.5 Å². The maximum atomic E-state index is 12.6. The van der Waals surface area contributed by atoms with Crippen molar-refractivity contribution in [2.75, 3.05) is 37.9 Å². The Labute approximate surface area is 176 Å². The number of nitrogens with one attached hydrogen (secondary N) is 1. The van der Waals surface area contributed by atoms with Gasteiger partial charge < -0.3 is 19.9 Å². The molecule has 1 N–H and O–H groups in total. The molecule has 0 bridgehead atoms. The van der Waals surface area contributed by atoms with E-state index in [0.717, 1.165) is 11.4 Å². The van der Waals surface area contributed by atoms with Gasteiger partial charge in [-0.15, -0.1) is 0 Å². The molecule has 0 aromatic heterocycles. The smallest absolute Gasteiger partial charge is 0.253 e. The number of anilines is 2. The number of carbonyl (C=O) groups excluding carboxylic acids is 2. The SMILES string of the molecule is CN(C)C(=O)c1cccc(NC(=O)CN(C)c2ccccc2Oc2ccccc2)c1. The molecule has 3 aromatic carbocycles. The van der Waals surface area contributed by atoms with Crippen molar-refractivity contribution in [3.63, 3.8) is 0 Å². The largest absolute Gasteiger partial charge is 0.455 e. The second kappa shape index (κ2) is 9.60. The van der Waals surface area contributed by atoms with E-state index in [1.165, 1.54) is 4.90 Å². The van der Waals surface area contributed by atoms with Crippen molar-refractivity contribution in [2.24, 2.45) is 0 Å². The maximum absolute atomic E-state index is 12.6. The van der Waals surface area contributed by atoms with Crippen LogP contribution in [0.3, 0.4) is 0 Å². The van der Waals surface area contributed by atoms with Crippen LogP contribution in [0.5, 0.6) is 11.5 Å². The van der Waals surface area contributed by atoms with E-state index in [1.807, 2.05) is 66.5 Å². The molecule has 0 atom stereocenters. The number of hydrogen-bond donors (Lipinski definition) is 1. The molecule has 0 fully saturated rings. The standard InChI is InChI=1S/C24H25N3O3/c1-26(2)24(29)18-10-9-11-19(16-18)25-23(28)17-27(3)21-14-7-8-15-22(21)30-20-12-5-4-6-13-20/h4-16H,17H2,1-3H3,(H,25,28). The van der Waals surface area contributed by atoms with Gasteiger partial charge in [0.1, 0.15) is 5.75 Å². The summed E-state index contributed by atoms with van der Waals surface area (Å²) in [6.07, 6.45) is 0. The lowest BCUT2D eigenvalue weighted by Crippen LogP contribution is -2.30. The quantitative estimate of drug-likeness (QED) is 0.640. The molecule has 0 saturated carbocycles. The second-order valence-corrected chi connectivity index (χ2v) is 7.07. The Bertz CT molecular complexity index is 1020. The summed E-state index contributed by atoms with van der Waals surface area (Å²) in [7, 11) is 5.22. The molecule has 0 heterocycles. The third-order valence-corrected chi connectivity index (χ3v) is 4.43. The van der Waals surface area contributed by atoms with Crippen molar-refractivity contribution < 1.29 is 14.3 Å². The predicted octanol–water partition coefficient (Wildman–Crippen LogP) is 4.26. The molecule has 6 heteroatoms. The van der Waals surface area contributed by atoms with Gasteiger partial charge in [-0.2, -0.15) is 0 Å². The first-order chi connectivity index (χ1) is 14.4. The van der Waals surface area contributed by atoms with E-state index in [0.29, 0.717) is 17.0 Å². The average molecular weight is 403 g/mol. The first-order valence-corrected chi connectivity index (χ1v) is 9.58. The van der Waals surface area contributed by atoms with Crippen LogP contribution in [0.2, 0.25) is 0 Å². The Morgan fingerprint density at radius 3 is 2.30 bits per heavy atom. The molecular weight excluding hydrogens is 378 g/mol. The molecule has 6 nitrogen and oxygen atoms in total. The molecule has 2 amide bonds. The minimum absolute atomic E-state index is 0.116. The zero-order chi connectivity index (χ0) is 21.5. The fraction of sp³-hybridized carbons (Fsp3) is 0.167. The van der Waals surface area contributed by atoms with Crippen molar-refractivity contribution in [1.82, 2.24) is 4.90 Å². The van der Waals surface area contributed by atoms with Gasteiger partial charge in [0.15, 0.2) is 5.75 Å². The van der Waals surface area contributed by atoms with E-state index in [2.05, 4.69) is 5.32 Å². The third-order valence-electron chi connectivity index (χ3n) is 4.43. The van der Waals surface area contributed by atoms with E-state index in [9.17, 15) is 9.59 Å². The van der Waals surface area contributed by atoms with Gasteiger partial charge in [0.05, 0.1) is 12.2 Å². The highest BCUT2D eigenvalue weighted by Crippen LogP contribution is 2.31. The van der Waals surface area contributed by atoms with Gasteiger partial charge in [0, 0.05) is 32.4 Å². The van der Waals surface area contributed by atoms with Gasteiger partial charge in [-0.3, -0.25) is 9.59 Å². The molecule has 0 radical (unpaired) electrons. The van der Waals surface area contributed by atoms with E-state index >= 15 is 0 Å². The summed E-state index contributed by atoms with van der Waals surface area (Å²) < 4.78 is 5.98. The molecule has 30 heavy (non-hydrogen) atoms. The lowest BCUT2D eigenvalue weighted by Gasteiger charge is -2.22. The molecule has 0 unspecified atom stereocenters. The number of nitrogens with zero attached hydrogens (tertiary/aromatic N) is 2. The highest BCUT2D eigenvalue weighted by atomic mass is 16.5. The van der Waals surface area contributed by atoms with E-state index < -0.39 is 0 Å². The van der Waals surface area contributed by atoms with Crippen molar-refractivity contribution in [2.45, 2.75) is 0 Å².